The number of hydrogen-bond acceptors (Lipinski definition) is 3. The molecule has 2 heterocycles. The van der Waals surface area contributed by atoms with Gasteiger partial charge >= 0.3 is 0 Å². The quantitative estimate of drug-likeness (QED) is 0.809. The average molecular weight is 198 g/mol. The smallest absolute Gasteiger partial charge is 0.168 e. The summed E-state index contributed by atoms with van der Waals surface area (Å²) in [6.07, 6.45) is 5.24. The van der Waals surface area contributed by atoms with Gasteiger partial charge in [-0.15, -0.1) is 0 Å². The summed E-state index contributed by atoms with van der Waals surface area (Å²) in [6.45, 7) is 3.02. The Morgan fingerprint density at radius 2 is 2.69 bits per heavy atom. The topological polar surface area (TPSA) is 37.9 Å². The Balaban J connectivity index is 1.92. The molecule has 0 aliphatic carbocycles. The van der Waals surface area contributed by atoms with Crippen LogP contribution in [0.5, 0.6) is 0 Å². The Morgan fingerprint density at radius 3 is 3.31 bits per heavy atom. The Morgan fingerprint density at radius 1 is 1.77 bits per heavy atom. The normalized spacial score (nSPS) is 22.4. The highest BCUT2D eigenvalue weighted by Crippen LogP contribution is 2.28. The van der Waals surface area contributed by atoms with Crippen LogP contribution in [-0.2, 0) is 11.2 Å². The van der Waals surface area contributed by atoms with E-state index in [1.54, 1.807) is 11.8 Å². The first-order valence-corrected chi connectivity index (χ1v) is 5.58. The lowest BCUT2D eigenvalue weighted by Crippen LogP contribution is -1.98. The van der Waals surface area contributed by atoms with Crippen LogP contribution in [0.4, 0.5) is 0 Å². The molecule has 0 bridgehead atoms. The molecule has 0 radical (unpaired) electrons. The van der Waals surface area contributed by atoms with Crippen molar-refractivity contribution in [3.05, 3.63) is 11.9 Å². The highest BCUT2D eigenvalue weighted by molar-refractivity contribution is 7.99. The largest absolute Gasteiger partial charge is 0.367 e. The Hall–Kier alpha value is -0.480. The van der Waals surface area contributed by atoms with E-state index < -0.39 is 0 Å². The molecule has 1 fully saturated rings. The molecule has 1 aliphatic rings. The van der Waals surface area contributed by atoms with Crippen LogP contribution in [0.1, 0.15) is 25.5 Å². The monoisotopic (exact) mass is 198 g/mol. The van der Waals surface area contributed by atoms with Crippen LogP contribution in [0.25, 0.3) is 0 Å². The van der Waals surface area contributed by atoms with Crippen molar-refractivity contribution < 1.29 is 4.74 Å². The minimum Gasteiger partial charge on any atom is -0.367 e. The first-order chi connectivity index (χ1) is 6.38. The number of imidazole rings is 1. The van der Waals surface area contributed by atoms with Crippen LogP contribution in [0.15, 0.2) is 11.4 Å². The highest BCUT2D eigenvalue weighted by Gasteiger charge is 2.17. The van der Waals surface area contributed by atoms with Crippen LogP contribution in [-0.4, -0.2) is 22.0 Å². The van der Waals surface area contributed by atoms with Crippen LogP contribution in [0.3, 0.4) is 0 Å². The molecule has 4 heteroatoms. The molecule has 1 aromatic heterocycles. The summed E-state index contributed by atoms with van der Waals surface area (Å²) in [7, 11) is 0. The number of aromatic amines is 1. The highest BCUT2D eigenvalue weighted by atomic mass is 32.2. The lowest BCUT2D eigenvalue weighted by molar-refractivity contribution is 0.173. The summed E-state index contributed by atoms with van der Waals surface area (Å²) < 4.78 is 5.50. The van der Waals surface area contributed by atoms with Gasteiger partial charge in [0.05, 0.1) is 0 Å². The van der Waals surface area contributed by atoms with E-state index in [0.717, 1.165) is 24.6 Å². The molecule has 0 aromatic carbocycles. The second kappa shape index (κ2) is 4.15. The molecule has 1 atom stereocenters. The summed E-state index contributed by atoms with van der Waals surface area (Å²) in [5, 5.41) is 0.990. The van der Waals surface area contributed by atoms with Crippen molar-refractivity contribution in [2.24, 2.45) is 0 Å². The second-order valence-electron chi connectivity index (χ2n) is 3.13. The summed E-state index contributed by atoms with van der Waals surface area (Å²) in [6, 6.07) is 0. The third kappa shape index (κ3) is 2.25. The summed E-state index contributed by atoms with van der Waals surface area (Å²) in [5.41, 5.74) is 1.51. The zero-order valence-electron chi connectivity index (χ0n) is 7.75. The average Bonchev–Trinajstić information content (AvgIpc) is 2.76. The molecule has 0 amide bonds. The number of hydrogen-bond donors (Lipinski definition) is 1. The lowest BCUT2D eigenvalue weighted by atomic mass is 10.4. The van der Waals surface area contributed by atoms with Gasteiger partial charge in [0.25, 0.3) is 0 Å². The molecule has 1 N–H and O–H groups in total. The number of aromatic nitrogens is 2. The van der Waals surface area contributed by atoms with Crippen molar-refractivity contribution >= 4 is 11.8 Å². The molecule has 13 heavy (non-hydrogen) atoms. The SMILES string of the molecule is CCc1cnc(SC2CCCO2)[nH]1. The first-order valence-electron chi connectivity index (χ1n) is 4.70. The van der Waals surface area contributed by atoms with Crippen molar-refractivity contribution in [3.8, 4) is 0 Å². The number of nitrogens with one attached hydrogen (secondary N) is 1. The maximum absolute atomic E-state index is 5.50. The number of thioether (sulfide) groups is 1. The van der Waals surface area contributed by atoms with Gasteiger partial charge in [0.2, 0.25) is 0 Å². The molecule has 1 unspecified atom stereocenters. The van der Waals surface area contributed by atoms with Crippen molar-refractivity contribution in [1.82, 2.24) is 9.97 Å². The lowest BCUT2D eigenvalue weighted by Gasteiger charge is -2.04. The van der Waals surface area contributed by atoms with E-state index in [1.807, 2.05) is 6.20 Å². The van der Waals surface area contributed by atoms with Gasteiger partial charge in [0, 0.05) is 18.5 Å². The number of H-pyrrole nitrogens is 1. The summed E-state index contributed by atoms with van der Waals surface area (Å²) in [4.78, 5) is 7.54. The third-order valence-electron chi connectivity index (χ3n) is 2.12. The van der Waals surface area contributed by atoms with Crippen molar-refractivity contribution in [3.63, 3.8) is 0 Å². The van der Waals surface area contributed by atoms with E-state index in [1.165, 1.54) is 12.1 Å². The maximum Gasteiger partial charge on any atom is 0.168 e. The predicted molar refractivity (Wildman–Crippen MR) is 52.8 cm³/mol. The molecule has 0 saturated carbocycles. The van der Waals surface area contributed by atoms with Gasteiger partial charge in [-0.2, -0.15) is 0 Å². The van der Waals surface area contributed by atoms with E-state index in [9.17, 15) is 0 Å². The molecule has 0 spiro atoms. The number of aryl methyl sites for hydroxylation is 1. The van der Waals surface area contributed by atoms with Crippen molar-refractivity contribution in [2.75, 3.05) is 6.61 Å². The zero-order chi connectivity index (χ0) is 9.10. The van der Waals surface area contributed by atoms with Crippen LogP contribution >= 0.6 is 11.8 Å². The first kappa shape index (κ1) is 9.09. The molecule has 1 aliphatic heterocycles. The second-order valence-corrected chi connectivity index (χ2v) is 4.28. The van der Waals surface area contributed by atoms with Crippen molar-refractivity contribution in [2.45, 2.75) is 36.8 Å². The summed E-state index contributed by atoms with van der Waals surface area (Å²) in [5.74, 6) is 0. The molecule has 1 saturated heterocycles. The van der Waals surface area contributed by atoms with Gasteiger partial charge in [-0.25, -0.2) is 4.98 Å². The Labute approximate surface area is 82.3 Å². The molecule has 2 rings (SSSR count). The Kier molecular flexibility index (Phi) is 2.90. The van der Waals surface area contributed by atoms with E-state index in [2.05, 4.69) is 16.9 Å². The molecule has 3 nitrogen and oxygen atoms in total. The summed E-state index contributed by atoms with van der Waals surface area (Å²) >= 11 is 1.70. The van der Waals surface area contributed by atoms with Gasteiger partial charge < -0.3 is 9.72 Å². The molecular weight excluding hydrogens is 184 g/mol. The van der Waals surface area contributed by atoms with Gasteiger partial charge in [-0.05, 0) is 19.3 Å². The van der Waals surface area contributed by atoms with Gasteiger partial charge in [0.1, 0.15) is 5.44 Å². The zero-order valence-corrected chi connectivity index (χ0v) is 8.56. The van der Waals surface area contributed by atoms with Crippen LogP contribution in [0.2, 0.25) is 0 Å². The third-order valence-corrected chi connectivity index (χ3v) is 3.18. The van der Waals surface area contributed by atoms with Gasteiger partial charge in [0.15, 0.2) is 5.16 Å². The van der Waals surface area contributed by atoms with Crippen LogP contribution in [0, 0.1) is 0 Å². The van der Waals surface area contributed by atoms with E-state index in [0.29, 0.717) is 5.44 Å². The predicted octanol–water partition coefficient (Wildman–Crippen LogP) is 2.20. The number of ether oxygens (including phenoxy) is 1. The fraction of sp³-hybridized carbons (Fsp3) is 0.667. The number of nitrogens with zero attached hydrogens (tertiary/aromatic N) is 1. The fourth-order valence-electron chi connectivity index (χ4n) is 1.34. The molecular formula is C9H14N2OS. The molecule has 1 aromatic rings. The maximum atomic E-state index is 5.50. The minimum atomic E-state index is 0.316. The van der Waals surface area contributed by atoms with Gasteiger partial charge in [-0.3, -0.25) is 0 Å². The number of rotatable bonds is 3. The van der Waals surface area contributed by atoms with Crippen molar-refractivity contribution in [1.29, 1.82) is 0 Å². The van der Waals surface area contributed by atoms with E-state index in [4.69, 9.17) is 4.74 Å². The Bertz CT molecular complexity index is 268. The minimum absolute atomic E-state index is 0.316. The fourth-order valence-corrected chi connectivity index (χ4v) is 2.34. The van der Waals surface area contributed by atoms with E-state index in [-0.39, 0.29) is 0 Å². The van der Waals surface area contributed by atoms with Crippen LogP contribution < -0.4 is 0 Å². The standard InChI is InChI=1S/C9H14N2OS/c1-2-7-6-10-9(11-7)13-8-4-3-5-12-8/h6,8H,2-5H2,1H3,(H,10,11). The van der Waals surface area contributed by atoms with Gasteiger partial charge in [-0.1, -0.05) is 18.7 Å². The van der Waals surface area contributed by atoms with E-state index >= 15 is 0 Å². The molecule has 72 valence electrons.